The number of nitrogens with zero attached hydrogens (tertiary/aromatic N) is 1. The number of rotatable bonds is 7. The highest BCUT2D eigenvalue weighted by molar-refractivity contribution is 6.07. The van der Waals surface area contributed by atoms with Crippen molar-refractivity contribution in [3.63, 3.8) is 0 Å². The Morgan fingerprint density at radius 1 is 0.349 bits per heavy atom. The van der Waals surface area contributed by atoms with Crippen LogP contribution in [0, 0.1) is 0 Å². The summed E-state index contributed by atoms with van der Waals surface area (Å²) in [6, 6.07) is 87.6. The zero-order chi connectivity index (χ0) is 42.1. The van der Waals surface area contributed by atoms with E-state index < -0.39 is 5.41 Å². The summed E-state index contributed by atoms with van der Waals surface area (Å²) in [5.41, 5.74) is 20.7. The fourth-order valence-electron chi connectivity index (χ4n) is 11.2. The molecule has 0 radical (unpaired) electrons. The molecular formula is C62H45N. The van der Waals surface area contributed by atoms with E-state index in [1.54, 1.807) is 0 Å². The molecule has 0 N–H and O–H groups in total. The number of para-hydroxylation sites is 1. The number of hydrogen-bond donors (Lipinski definition) is 0. The first kappa shape index (κ1) is 37.1. The van der Waals surface area contributed by atoms with E-state index in [2.05, 4.69) is 255 Å². The van der Waals surface area contributed by atoms with Crippen LogP contribution in [0.5, 0.6) is 0 Å². The van der Waals surface area contributed by atoms with E-state index in [1.165, 1.54) is 94.3 Å². The normalized spacial score (nSPS) is 13.8. The van der Waals surface area contributed by atoms with Crippen LogP contribution in [-0.4, -0.2) is 0 Å². The molecule has 0 fully saturated rings. The van der Waals surface area contributed by atoms with Gasteiger partial charge in [-0.15, -0.1) is 0 Å². The highest BCUT2D eigenvalue weighted by Crippen LogP contribution is 2.59. The first-order valence-electron chi connectivity index (χ1n) is 22.1. The van der Waals surface area contributed by atoms with Gasteiger partial charge in [-0.3, -0.25) is 0 Å². The lowest BCUT2D eigenvalue weighted by Crippen LogP contribution is -2.28. The molecule has 1 heteroatoms. The third-order valence-electron chi connectivity index (χ3n) is 13.9. The Kier molecular flexibility index (Phi) is 8.49. The summed E-state index contributed by atoms with van der Waals surface area (Å²) in [7, 11) is 0. The largest absolute Gasteiger partial charge is 0.309 e. The quantitative estimate of drug-likeness (QED) is 0.155. The molecule has 63 heavy (non-hydrogen) atoms. The van der Waals surface area contributed by atoms with Gasteiger partial charge in [-0.2, -0.15) is 0 Å². The van der Waals surface area contributed by atoms with Gasteiger partial charge >= 0.3 is 0 Å². The molecule has 0 atom stereocenters. The average Bonchev–Trinajstić information content (AvgIpc) is 3.78. The molecule has 0 bridgehead atoms. The Morgan fingerprint density at radius 3 is 1.60 bits per heavy atom. The highest BCUT2D eigenvalue weighted by atomic mass is 15.1. The molecule has 0 saturated heterocycles. The van der Waals surface area contributed by atoms with E-state index in [0.717, 1.165) is 11.4 Å². The molecule has 2 aliphatic rings. The number of hydrogen-bond acceptors (Lipinski definition) is 1. The minimum absolute atomic E-state index is 0.183. The van der Waals surface area contributed by atoms with Gasteiger partial charge in [0.2, 0.25) is 0 Å². The summed E-state index contributed by atoms with van der Waals surface area (Å²) in [4.78, 5) is 2.52. The first-order chi connectivity index (χ1) is 31.0. The van der Waals surface area contributed by atoms with Crippen LogP contribution in [0.4, 0.5) is 17.1 Å². The molecule has 10 aromatic carbocycles. The van der Waals surface area contributed by atoms with Crippen molar-refractivity contribution in [3.05, 3.63) is 270 Å². The van der Waals surface area contributed by atoms with Gasteiger partial charge in [0.05, 0.1) is 16.8 Å². The van der Waals surface area contributed by atoms with Crippen molar-refractivity contribution < 1.29 is 0 Å². The van der Waals surface area contributed by atoms with Crippen LogP contribution in [0.25, 0.3) is 55.3 Å². The molecule has 0 aliphatic heterocycles. The minimum atomic E-state index is -0.455. The first-order valence-corrected chi connectivity index (χ1v) is 22.1. The molecule has 298 valence electrons. The molecular weight excluding hydrogens is 759 g/mol. The van der Waals surface area contributed by atoms with Gasteiger partial charge in [-0.05, 0) is 108 Å². The summed E-state index contributed by atoms with van der Waals surface area (Å²) in [5, 5.41) is 2.55. The molecule has 0 amide bonds. The Balaban J connectivity index is 1.07. The van der Waals surface area contributed by atoms with Crippen molar-refractivity contribution in [3.8, 4) is 44.5 Å². The van der Waals surface area contributed by atoms with Gasteiger partial charge in [-0.25, -0.2) is 0 Å². The average molecular weight is 804 g/mol. The highest BCUT2D eigenvalue weighted by Gasteiger charge is 2.46. The SMILES string of the molecule is CC1(C)c2ccccc2-c2c(N(c3ccc(-c4ccc5c(c4)C(c4ccccc4)(c4ccccc4)c4ccccc4-5)cc3)c3ccccc3-c3ccccc3)cc3ccccc3c21. The Hall–Kier alpha value is -7.74. The van der Waals surface area contributed by atoms with Crippen LogP contribution in [0.2, 0.25) is 0 Å². The lowest BCUT2D eigenvalue weighted by atomic mass is 9.67. The molecule has 0 aromatic heterocycles. The fraction of sp³-hybridized carbons (Fsp3) is 0.0645. The lowest BCUT2D eigenvalue weighted by Gasteiger charge is -2.34. The molecule has 0 spiro atoms. The number of fused-ring (bicyclic) bond motifs is 8. The predicted molar refractivity (Wildman–Crippen MR) is 264 cm³/mol. The molecule has 1 nitrogen and oxygen atoms in total. The topological polar surface area (TPSA) is 3.24 Å². The van der Waals surface area contributed by atoms with E-state index >= 15 is 0 Å². The molecule has 0 heterocycles. The van der Waals surface area contributed by atoms with E-state index in [-0.39, 0.29) is 5.41 Å². The van der Waals surface area contributed by atoms with Crippen molar-refractivity contribution in [2.24, 2.45) is 0 Å². The van der Waals surface area contributed by atoms with Crippen molar-refractivity contribution in [2.45, 2.75) is 24.7 Å². The zero-order valence-corrected chi connectivity index (χ0v) is 35.5. The van der Waals surface area contributed by atoms with Gasteiger partial charge < -0.3 is 4.90 Å². The van der Waals surface area contributed by atoms with E-state index in [0.29, 0.717) is 0 Å². The van der Waals surface area contributed by atoms with Crippen molar-refractivity contribution in [1.29, 1.82) is 0 Å². The van der Waals surface area contributed by atoms with E-state index in [1.807, 2.05) is 0 Å². The third-order valence-corrected chi connectivity index (χ3v) is 13.9. The monoisotopic (exact) mass is 803 g/mol. The molecule has 12 rings (SSSR count). The summed E-state index contributed by atoms with van der Waals surface area (Å²) in [5.74, 6) is 0. The maximum absolute atomic E-state index is 2.52. The van der Waals surface area contributed by atoms with Gasteiger partial charge in [0, 0.05) is 22.2 Å². The Labute approximate surface area is 370 Å². The van der Waals surface area contributed by atoms with Crippen molar-refractivity contribution in [1.82, 2.24) is 0 Å². The smallest absolute Gasteiger partial charge is 0.0713 e. The molecule has 2 aliphatic carbocycles. The lowest BCUT2D eigenvalue weighted by molar-refractivity contribution is 0.666. The van der Waals surface area contributed by atoms with Crippen molar-refractivity contribution in [2.75, 3.05) is 4.90 Å². The van der Waals surface area contributed by atoms with Crippen LogP contribution in [-0.2, 0) is 10.8 Å². The van der Waals surface area contributed by atoms with Gasteiger partial charge in [-0.1, -0.05) is 220 Å². The zero-order valence-electron chi connectivity index (χ0n) is 35.5. The molecule has 10 aromatic rings. The van der Waals surface area contributed by atoms with Crippen LogP contribution in [0.3, 0.4) is 0 Å². The standard InChI is InChI=1S/C62H45N/c1-61(2)54-31-17-15-30-53(54)59-58(41-45-22-12-13-28-50(45)60(59)61)63(57-33-19-16-27-49(57)43-20-6-3-7-21-43)48-37-34-42(35-38-48)44-36-39-52-51-29-14-18-32-55(51)62(56(52)40-44,46-23-8-4-9-24-46)47-25-10-5-11-26-47/h3-41H,1-2H3. The minimum Gasteiger partial charge on any atom is -0.309 e. The van der Waals surface area contributed by atoms with E-state index in [9.17, 15) is 0 Å². The van der Waals surface area contributed by atoms with Gasteiger partial charge in [0.25, 0.3) is 0 Å². The summed E-state index contributed by atoms with van der Waals surface area (Å²) < 4.78 is 0. The summed E-state index contributed by atoms with van der Waals surface area (Å²) in [6.45, 7) is 4.79. The Bertz CT molecular complexity index is 3310. The number of benzene rings is 10. The molecule has 0 saturated carbocycles. The predicted octanol–water partition coefficient (Wildman–Crippen LogP) is 16.3. The number of anilines is 3. The maximum atomic E-state index is 2.52. The second-order valence-electron chi connectivity index (χ2n) is 17.6. The second-order valence-corrected chi connectivity index (χ2v) is 17.6. The van der Waals surface area contributed by atoms with Crippen LogP contribution >= 0.6 is 0 Å². The van der Waals surface area contributed by atoms with E-state index in [4.69, 9.17) is 0 Å². The van der Waals surface area contributed by atoms with Crippen LogP contribution in [0.1, 0.15) is 47.2 Å². The van der Waals surface area contributed by atoms with Gasteiger partial charge in [0.1, 0.15) is 0 Å². The second kappa shape index (κ2) is 14.4. The van der Waals surface area contributed by atoms with Gasteiger partial charge in [0.15, 0.2) is 0 Å². The summed E-state index contributed by atoms with van der Waals surface area (Å²) in [6.07, 6.45) is 0. The third kappa shape index (κ3) is 5.56. The van der Waals surface area contributed by atoms with Crippen molar-refractivity contribution >= 4 is 27.8 Å². The van der Waals surface area contributed by atoms with Crippen LogP contribution in [0.15, 0.2) is 237 Å². The Morgan fingerprint density at radius 2 is 0.889 bits per heavy atom. The molecule has 0 unspecified atom stereocenters. The fourth-order valence-corrected chi connectivity index (χ4v) is 11.2. The summed E-state index contributed by atoms with van der Waals surface area (Å²) >= 11 is 0. The van der Waals surface area contributed by atoms with Crippen LogP contribution < -0.4 is 4.90 Å². The maximum Gasteiger partial charge on any atom is 0.0713 e.